The minimum Gasteiger partial charge on any atom is -0.489 e. The first-order chi connectivity index (χ1) is 14.1. The highest BCUT2D eigenvalue weighted by Crippen LogP contribution is 2.25. The molecule has 1 aliphatic rings. The average molecular weight is 386 g/mol. The molecule has 0 atom stereocenters. The molecule has 0 N–H and O–H groups in total. The highest BCUT2D eigenvalue weighted by atomic mass is 19.1. The van der Waals surface area contributed by atoms with Crippen LogP contribution >= 0.6 is 0 Å². The molecule has 1 aliphatic heterocycles. The molecule has 0 bridgehead atoms. The molecule has 0 aromatic heterocycles. The lowest BCUT2D eigenvalue weighted by atomic mass is 10.1. The normalized spacial score (nSPS) is 15.0. The molecule has 29 heavy (non-hydrogen) atoms. The number of amides is 1. The summed E-state index contributed by atoms with van der Waals surface area (Å²) in [5.41, 5.74) is 3.66. The second kappa shape index (κ2) is 8.10. The lowest BCUT2D eigenvalue weighted by Crippen LogP contribution is -2.21. The van der Waals surface area contributed by atoms with Crippen molar-refractivity contribution in [3.63, 3.8) is 0 Å². The van der Waals surface area contributed by atoms with Crippen molar-refractivity contribution >= 4 is 23.4 Å². The van der Waals surface area contributed by atoms with Crippen molar-refractivity contribution in [1.29, 1.82) is 0 Å². The zero-order valence-electron chi connectivity index (χ0n) is 15.9. The van der Waals surface area contributed by atoms with Gasteiger partial charge in [0.15, 0.2) is 0 Å². The Balaban J connectivity index is 1.51. The average Bonchev–Trinajstić information content (AvgIpc) is 3.03. The summed E-state index contributed by atoms with van der Waals surface area (Å²) in [5, 5.41) is 5.81. The maximum absolute atomic E-state index is 13.0. The first-order valence-corrected chi connectivity index (χ1v) is 9.24. The zero-order valence-corrected chi connectivity index (χ0v) is 15.9. The Morgan fingerprint density at radius 3 is 2.52 bits per heavy atom. The third-order valence-electron chi connectivity index (χ3n) is 4.55. The first kappa shape index (κ1) is 18.6. The van der Waals surface area contributed by atoms with Gasteiger partial charge in [-0.2, -0.15) is 10.1 Å². The summed E-state index contributed by atoms with van der Waals surface area (Å²) in [5.74, 6) is 0.236. The van der Waals surface area contributed by atoms with Gasteiger partial charge < -0.3 is 4.74 Å². The van der Waals surface area contributed by atoms with Crippen molar-refractivity contribution in [1.82, 2.24) is 0 Å². The summed E-state index contributed by atoms with van der Waals surface area (Å²) in [7, 11) is 0. The monoisotopic (exact) mass is 386 g/mol. The number of para-hydroxylation sites is 1. The van der Waals surface area contributed by atoms with E-state index in [0.29, 0.717) is 23.6 Å². The molecule has 0 radical (unpaired) electrons. The van der Waals surface area contributed by atoms with Crippen molar-refractivity contribution in [2.24, 2.45) is 5.10 Å². The third-order valence-corrected chi connectivity index (χ3v) is 4.55. The number of benzene rings is 3. The van der Waals surface area contributed by atoms with Crippen molar-refractivity contribution in [2.75, 3.05) is 5.01 Å². The number of rotatable bonds is 5. The molecule has 3 aromatic rings. The van der Waals surface area contributed by atoms with Gasteiger partial charge in [0, 0.05) is 0 Å². The smallest absolute Gasteiger partial charge is 0.280 e. The van der Waals surface area contributed by atoms with Gasteiger partial charge in [0.25, 0.3) is 5.91 Å². The number of carbonyl (C=O) groups is 1. The van der Waals surface area contributed by atoms with Crippen molar-refractivity contribution in [3.8, 4) is 5.75 Å². The molecule has 0 saturated carbocycles. The molecule has 0 spiro atoms. The second-order valence-corrected chi connectivity index (χ2v) is 6.68. The van der Waals surface area contributed by atoms with Crippen LogP contribution in [0.15, 0.2) is 89.5 Å². The molecule has 0 aliphatic carbocycles. The quantitative estimate of drug-likeness (QED) is 0.565. The number of hydrazone groups is 1. The molecule has 3 aromatic carbocycles. The lowest BCUT2D eigenvalue weighted by Gasteiger charge is -2.11. The number of ether oxygens (including phenoxy) is 1. The zero-order chi connectivity index (χ0) is 20.2. The van der Waals surface area contributed by atoms with Crippen LogP contribution < -0.4 is 9.75 Å². The summed E-state index contributed by atoms with van der Waals surface area (Å²) < 4.78 is 18.8. The molecule has 0 saturated heterocycles. The highest BCUT2D eigenvalue weighted by molar-refractivity contribution is 6.32. The van der Waals surface area contributed by atoms with Crippen LogP contribution in [0.25, 0.3) is 6.08 Å². The van der Waals surface area contributed by atoms with Gasteiger partial charge in [0.2, 0.25) is 0 Å². The molecule has 0 fully saturated rings. The third kappa shape index (κ3) is 4.24. The van der Waals surface area contributed by atoms with E-state index in [4.69, 9.17) is 4.74 Å². The molecule has 1 heterocycles. The number of hydrogen-bond acceptors (Lipinski definition) is 3. The van der Waals surface area contributed by atoms with Crippen LogP contribution in [0, 0.1) is 5.82 Å². The van der Waals surface area contributed by atoms with Crippen LogP contribution in [0.4, 0.5) is 10.1 Å². The predicted molar refractivity (Wildman–Crippen MR) is 112 cm³/mol. The fraction of sp³-hybridized carbons (Fsp3) is 0.0833. The van der Waals surface area contributed by atoms with Crippen LogP contribution in [0.2, 0.25) is 0 Å². The second-order valence-electron chi connectivity index (χ2n) is 6.68. The van der Waals surface area contributed by atoms with E-state index >= 15 is 0 Å². The van der Waals surface area contributed by atoms with Gasteiger partial charge in [-0.25, -0.2) is 4.39 Å². The molecular weight excluding hydrogens is 367 g/mol. The van der Waals surface area contributed by atoms with Gasteiger partial charge in [0.1, 0.15) is 18.2 Å². The van der Waals surface area contributed by atoms with Crippen LogP contribution in [0.5, 0.6) is 5.75 Å². The maximum atomic E-state index is 13.0. The van der Waals surface area contributed by atoms with Gasteiger partial charge in [-0.3, -0.25) is 4.79 Å². The molecule has 5 heteroatoms. The summed E-state index contributed by atoms with van der Waals surface area (Å²) in [4.78, 5) is 12.8. The number of anilines is 1. The fourth-order valence-corrected chi connectivity index (χ4v) is 3.04. The Labute approximate surface area is 168 Å². The van der Waals surface area contributed by atoms with Gasteiger partial charge >= 0.3 is 0 Å². The molecule has 4 rings (SSSR count). The van der Waals surface area contributed by atoms with E-state index in [2.05, 4.69) is 5.10 Å². The number of halogens is 1. The van der Waals surface area contributed by atoms with Crippen molar-refractivity contribution < 1.29 is 13.9 Å². The van der Waals surface area contributed by atoms with Crippen LogP contribution in [0.3, 0.4) is 0 Å². The van der Waals surface area contributed by atoms with E-state index in [1.165, 1.54) is 17.1 Å². The molecule has 1 amide bonds. The fourth-order valence-electron chi connectivity index (χ4n) is 3.04. The predicted octanol–water partition coefficient (Wildman–Crippen LogP) is 5.21. The van der Waals surface area contributed by atoms with E-state index in [1.54, 1.807) is 12.1 Å². The topological polar surface area (TPSA) is 41.9 Å². The van der Waals surface area contributed by atoms with Crippen LogP contribution in [0.1, 0.15) is 18.1 Å². The number of carbonyl (C=O) groups excluding carboxylic acids is 1. The van der Waals surface area contributed by atoms with Gasteiger partial charge in [-0.15, -0.1) is 0 Å². The Morgan fingerprint density at radius 1 is 1.00 bits per heavy atom. The van der Waals surface area contributed by atoms with E-state index in [-0.39, 0.29) is 11.7 Å². The van der Waals surface area contributed by atoms with Crippen LogP contribution in [-0.2, 0) is 11.4 Å². The molecule has 144 valence electrons. The Hall–Kier alpha value is -3.73. The Kier molecular flexibility index (Phi) is 5.20. The van der Waals surface area contributed by atoms with Crippen molar-refractivity contribution in [2.45, 2.75) is 13.5 Å². The molecular formula is C24H19FN2O2. The maximum Gasteiger partial charge on any atom is 0.280 e. The minimum atomic E-state index is -0.273. The van der Waals surface area contributed by atoms with Gasteiger partial charge in [-0.05, 0) is 60.5 Å². The van der Waals surface area contributed by atoms with E-state index in [9.17, 15) is 9.18 Å². The SMILES string of the molecule is CC1=NN(c2ccccc2)C(=O)/C1=C\c1cccc(OCc2ccc(F)cc2)c1. The van der Waals surface area contributed by atoms with Gasteiger partial charge in [-0.1, -0.05) is 42.5 Å². The van der Waals surface area contributed by atoms with Crippen molar-refractivity contribution in [3.05, 3.63) is 101 Å². The number of nitrogens with zero attached hydrogens (tertiary/aromatic N) is 2. The molecule has 4 nitrogen and oxygen atoms in total. The Morgan fingerprint density at radius 2 is 1.76 bits per heavy atom. The summed E-state index contributed by atoms with van der Waals surface area (Å²) >= 11 is 0. The van der Waals surface area contributed by atoms with Crippen LogP contribution in [-0.4, -0.2) is 11.6 Å². The number of hydrogen-bond donors (Lipinski definition) is 0. The highest BCUT2D eigenvalue weighted by Gasteiger charge is 2.28. The summed E-state index contributed by atoms with van der Waals surface area (Å²) in [6, 6.07) is 23.0. The van der Waals surface area contributed by atoms with E-state index in [0.717, 1.165) is 16.8 Å². The Bertz CT molecular complexity index is 1090. The summed E-state index contributed by atoms with van der Waals surface area (Å²) in [6.45, 7) is 2.16. The summed E-state index contributed by atoms with van der Waals surface area (Å²) in [6.07, 6.45) is 1.81. The largest absolute Gasteiger partial charge is 0.489 e. The minimum absolute atomic E-state index is 0.161. The van der Waals surface area contributed by atoms with E-state index in [1.807, 2.05) is 67.6 Å². The molecule has 0 unspecified atom stereocenters. The lowest BCUT2D eigenvalue weighted by molar-refractivity contribution is -0.114. The van der Waals surface area contributed by atoms with E-state index < -0.39 is 0 Å². The first-order valence-electron chi connectivity index (χ1n) is 9.24. The van der Waals surface area contributed by atoms with Gasteiger partial charge in [0.05, 0.1) is 17.0 Å². The standard InChI is InChI=1S/C24H19FN2O2/c1-17-23(24(28)27(26-17)21-7-3-2-4-8-21)15-19-6-5-9-22(14-19)29-16-18-10-12-20(25)13-11-18/h2-15H,16H2,1H3/b23-15-.